The van der Waals surface area contributed by atoms with Crippen LogP contribution in [-0.4, -0.2) is 30.4 Å². The Bertz CT molecular complexity index is 697. The minimum atomic E-state index is -0.651. The molecule has 0 radical (unpaired) electrons. The van der Waals surface area contributed by atoms with Crippen LogP contribution in [0.4, 0.5) is 0 Å². The van der Waals surface area contributed by atoms with Crippen molar-refractivity contribution in [2.45, 2.75) is 72.0 Å². The number of carboxylic acids is 1. The molecule has 0 unspecified atom stereocenters. The molecule has 0 aromatic heterocycles. The highest BCUT2D eigenvalue weighted by Gasteiger charge is 2.64. The van der Waals surface area contributed by atoms with E-state index in [1.54, 1.807) is 7.11 Å². The van der Waals surface area contributed by atoms with Crippen LogP contribution < -0.4 is 0 Å². The Morgan fingerprint density at radius 1 is 1.15 bits per heavy atom. The lowest BCUT2D eigenvalue weighted by Crippen LogP contribution is -2.59. The van der Waals surface area contributed by atoms with Gasteiger partial charge in [0.25, 0.3) is 0 Å². The third-order valence-corrected chi connectivity index (χ3v) is 8.52. The van der Waals surface area contributed by atoms with Gasteiger partial charge in [0.1, 0.15) is 0 Å². The van der Waals surface area contributed by atoms with E-state index >= 15 is 0 Å². The van der Waals surface area contributed by atoms with Gasteiger partial charge in [-0.05, 0) is 68.1 Å². The van der Waals surface area contributed by atoms with Crippen molar-refractivity contribution in [3.63, 3.8) is 0 Å². The van der Waals surface area contributed by atoms with Crippen molar-refractivity contribution >= 4 is 11.9 Å². The van der Waals surface area contributed by atoms with Gasteiger partial charge in [-0.25, -0.2) is 4.79 Å². The molecule has 0 bridgehead atoms. The number of methoxy groups -OCH3 is 1. The summed E-state index contributed by atoms with van der Waals surface area (Å²) < 4.78 is 11.0. The number of hydrogen-bond donors (Lipinski definition) is 1. The van der Waals surface area contributed by atoms with E-state index < -0.39 is 17.7 Å². The highest BCUT2D eigenvalue weighted by atomic mass is 16.7. The Balaban J connectivity index is 1.79. The van der Waals surface area contributed by atoms with Crippen LogP contribution in [0.15, 0.2) is 11.1 Å². The van der Waals surface area contributed by atoms with Gasteiger partial charge in [0.15, 0.2) is 0 Å². The van der Waals surface area contributed by atoms with Gasteiger partial charge in [0.2, 0.25) is 6.29 Å². The van der Waals surface area contributed by atoms with Gasteiger partial charge >= 0.3 is 11.9 Å². The van der Waals surface area contributed by atoms with Gasteiger partial charge in [0.05, 0.1) is 5.41 Å². The molecule has 6 atom stereocenters. The number of carbonyl (C=O) groups excluding carboxylic acids is 1. The summed E-state index contributed by atoms with van der Waals surface area (Å²) in [6.07, 6.45) is 5.66. The van der Waals surface area contributed by atoms with Crippen molar-refractivity contribution in [2.75, 3.05) is 7.11 Å². The van der Waals surface area contributed by atoms with Crippen LogP contribution in [0.5, 0.6) is 0 Å². The first-order chi connectivity index (χ1) is 12.2. The summed E-state index contributed by atoms with van der Waals surface area (Å²) in [6, 6.07) is 0. The maximum atomic E-state index is 12.3. The molecule has 0 saturated heterocycles. The molecule has 3 aliphatic carbocycles. The van der Waals surface area contributed by atoms with Crippen molar-refractivity contribution in [3.05, 3.63) is 11.1 Å². The fraction of sp³-hybridized carbons (Fsp3) is 0.810. The van der Waals surface area contributed by atoms with Crippen molar-refractivity contribution in [1.82, 2.24) is 0 Å². The van der Waals surface area contributed by atoms with Gasteiger partial charge in [-0.2, -0.15) is 0 Å². The van der Waals surface area contributed by atoms with E-state index in [1.165, 1.54) is 0 Å². The lowest BCUT2D eigenvalue weighted by atomic mass is 9.40. The Labute approximate surface area is 155 Å². The number of cyclic esters (lactones) is 1. The van der Waals surface area contributed by atoms with E-state index in [4.69, 9.17) is 9.47 Å². The normalized spacial score (nSPS) is 47.7. The molecule has 4 aliphatic rings. The first-order valence-electron chi connectivity index (χ1n) is 9.89. The van der Waals surface area contributed by atoms with Gasteiger partial charge < -0.3 is 14.6 Å². The molecule has 0 amide bonds. The van der Waals surface area contributed by atoms with E-state index in [0.717, 1.165) is 56.1 Å². The summed E-state index contributed by atoms with van der Waals surface area (Å²) in [5.74, 6) is -0.334. The molecule has 1 heterocycles. The molecule has 5 heteroatoms. The van der Waals surface area contributed by atoms with Crippen LogP contribution in [-0.2, 0) is 19.1 Å². The van der Waals surface area contributed by atoms with E-state index in [-0.39, 0.29) is 22.7 Å². The molecule has 144 valence electrons. The van der Waals surface area contributed by atoms with E-state index in [0.29, 0.717) is 5.92 Å². The number of ether oxygens (including phenoxy) is 2. The number of rotatable bonds is 2. The SMILES string of the molecule is CO[C@H]1OC(=O)C2=C1[C@]1(C)CC[C@H]3[C@](C)(CCC[C@]3(C)C(=O)O)[C@@H]1CC2. The second-order valence-corrected chi connectivity index (χ2v) is 9.55. The Kier molecular flexibility index (Phi) is 3.86. The number of aliphatic carboxylic acids is 1. The van der Waals surface area contributed by atoms with Crippen molar-refractivity contribution in [2.24, 2.45) is 28.1 Å². The number of carbonyl (C=O) groups is 2. The monoisotopic (exact) mass is 362 g/mol. The van der Waals surface area contributed by atoms with E-state index in [9.17, 15) is 14.7 Å². The largest absolute Gasteiger partial charge is 0.481 e. The first kappa shape index (κ1) is 18.0. The summed E-state index contributed by atoms with van der Waals surface area (Å²) >= 11 is 0. The molecule has 2 fully saturated rings. The van der Waals surface area contributed by atoms with Crippen molar-refractivity contribution in [3.8, 4) is 0 Å². The van der Waals surface area contributed by atoms with Gasteiger partial charge in [-0.15, -0.1) is 0 Å². The Hall–Kier alpha value is -1.36. The van der Waals surface area contributed by atoms with Crippen LogP contribution in [0.3, 0.4) is 0 Å². The van der Waals surface area contributed by atoms with E-state index in [2.05, 4.69) is 13.8 Å². The number of esters is 1. The molecular formula is C21H30O5. The summed E-state index contributed by atoms with van der Waals surface area (Å²) in [5, 5.41) is 9.98. The predicted octanol–water partition coefficient (Wildman–Crippen LogP) is 3.92. The fourth-order valence-electron chi connectivity index (χ4n) is 7.34. The molecule has 1 N–H and O–H groups in total. The smallest absolute Gasteiger partial charge is 0.336 e. The minimum absolute atomic E-state index is 0.0269. The topological polar surface area (TPSA) is 72.8 Å². The summed E-state index contributed by atoms with van der Waals surface area (Å²) in [6.45, 7) is 6.52. The molecular weight excluding hydrogens is 332 g/mol. The van der Waals surface area contributed by atoms with Crippen LogP contribution in [0, 0.1) is 28.1 Å². The minimum Gasteiger partial charge on any atom is -0.481 e. The zero-order chi connectivity index (χ0) is 18.9. The quantitative estimate of drug-likeness (QED) is 0.754. The lowest BCUT2D eigenvalue weighted by molar-refractivity contribution is -0.178. The number of hydrogen-bond acceptors (Lipinski definition) is 4. The van der Waals surface area contributed by atoms with Crippen LogP contribution in [0.2, 0.25) is 0 Å². The molecule has 4 rings (SSSR count). The average molecular weight is 362 g/mol. The number of fused-ring (bicyclic) bond motifs is 4. The standard InChI is InChI=1S/C21H30O5/c1-19-9-5-10-21(3,18(23)24)14(19)8-11-20(2)13(19)7-6-12-15(20)17(25-4)26-16(12)22/h13-14,17H,5-11H2,1-4H3,(H,23,24)/t13-,14-,17-,19+,20+,21-/m0/s1. The van der Waals surface area contributed by atoms with Gasteiger partial charge in [0, 0.05) is 18.3 Å². The second kappa shape index (κ2) is 5.57. The maximum Gasteiger partial charge on any atom is 0.336 e. The molecule has 2 saturated carbocycles. The molecule has 26 heavy (non-hydrogen) atoms. The van der Waals surface area contributed by atoms with Gasteiger partial charge in [-0.3, -0.25) is 4.79 Å². The summed E-state index contributed by atoms with van der Waals surface area (Å²) in [7, 11) is 1.59. The van der Waals surface area contributed by atoms with Gasteiger partial charge in [-0.1, -0.05) is 20.3 Å². The second-order valence-electron chi connectivity index (χ2n) is 9.55. The summed E-state index contributed by atoms with van der Waals surface area (Å²) in [4.78, 5) is 24.5. The first-order valence-corrected chi connectivity index (χ1v) is 9.89. The fourth-order valence-corrected chi connectivity index (χ4v) is 7.34. The highest BCUT2D eigenvalue weighted by Crippen LogP contribution is 2.69. The molecule has 0 aromatic carbocycles. The molecule has 0 aromatic rings. The number of carboxylic acid groups (broad SMARTS) is 1. The zero-order valence-corrected chi connectivity index (χ0v) is 16.3. The predicted molar refractivity (Wildman–Crippen MR) is 95.2 cm³/mol. The van der Waals surface area contributed by atoms with Crippen LogP contribution in [0.1, 0.15) is 65.7 Å². The lowest BCUT2D eigenvalue weighted by Gasteiger charge is -2.63. The third kappa shape index (κ3) is 2.07. The van der Waals surface area contributed by atoms with Crippen molar-refractivity contribution in [1.29, 1.82) is 0 Å². The molecule has 0 spiro atoms. The zero-order valence-electron chi connectivity index (χ0n) is 16.3. The average Bonchev–Trinajstić information content (AvgIpc) is 2.91. The highest BCUT2D eigenvalue weighted by molar-refractivity contribution is 5.92. The molecule has 1 aliphatic heterocycles. The third-order valence-electron chi connectivity index (χ3n) is 8.52. The van der Waals surface area contributed by atoms with Crippen LogP contribution in [0.25, 0.3) is 0 Å². The maximum absolute atomic E-state index is 12.3. The summed E-state index contributed by atoms with van der Waals surface area (Å²) in [5.41, 5.74) is 1.03. The molecule has 5 nitrogen and oxygen atoms in total. The Morgan fingerprint density at radius 3 is 2.54 bits per heavy atom. The Morgan fingerprint density at radius 2 is 1.88 bits per heavy atom. The van der Waals surface area contributed by atoms with Crippen LogP contribution >= 0.6 is 0 Å². The van der Waals surface area contributed by atoms with E-state index in [1.807, 2.05) is 6.92 Å². The van der Waals surface area contributed by atoms with Crippen molar-refractivity contribution < 1.29 is 24.2 Å².